The van der Waals surface area contributed by atoms with Crippen LogP contribution in [-0.2, 0) is 9.59 Å². The summed E-state index contributed by atoms with van der Waals surface area (Å²) in [5.74, 6) is -0.881. The molecule has 2 rings (SSSR count). The minimum absolute atomic E-state index is 0.0568. The van der Waals surface area contributed by atoms with Gasteiger partial charge in [-0.2, -0.15) is 0 Å². The summed E-state index contributed by atoms with van der Waals surface area (Å²) in [6.45, 7) is 2.64. The number of nitrogens with one attached hydrogen (secondary N) is 2. The van der Waals surface area contributed by atoms with Crippen molar-refractivity contribution in [2.24, 2.45) is 0 Å². The van der Waals surface area contributed by atoms with Crippen molar-refractivity contribution in [2.45, 2.75) is 13.0 Å². The smallest absolute Gasteiger partial charge is 0.313 e. The Morgan fingerprint density at radius 3 is 2.21 bits per heavy atom. The molecule has 0 spiro atoms. The van der Waals surface area contributed by atoms with E-state index in [1.165, 1.54) is 0 Å². The lowest BCUT2D eigenvalue weighted by Crippen LogP contribution is -2.40. The number of nitrogens with zero attached hydrogens (tertiary/aromatic N) is 2. The molecule has 156 valence electrons. The first-order valence-corrected chi connectivity index (χ1v) is 9.58. The van der Waals surface area contributed by atoms with Crippen LogP contribution in [0.2, 0.25) is 0 Å². The van der Waals surface area contributed by atoms with E-state index in [1.54, 1.807) is 18.2 Å². The molecule has 0 saturated heterocycles. The van der Waals surface area contributed by atoms with Gasteiger partial charge >= 0.3 is 11.8 Å². The molecule has 1 atom stereocenters. The molecule has 2 aromatic carbocycles. The highest BCUT2D eigenvalue weighted by molar-refractivity contribution is 6.39. The average molecular weight is 399 g/mol. The van der Waals surface area contributed by atoms with Crippen LogP contribution < -0.4 is 20.3 Å². The zero-order chi connectivity index (χ0) is 21.4. The third-order valence-corrected chi connectivity index (χ3v) is 4.51. The van der Waals surface area contributed by atoms with E-state index in [0.29, 0.717) is 24.6 Å². The van der Waals surface area contributed by atoms with Crippen LogP contribution in [0.1, 0.15) is 18.5 Å². The van der Waals surface area contributed by atoms with Gasteiger partial charge in [0, 0.05) is 26.3 Å². The summed E-state index contributed by atoms with van der Waals surface area (Å²) >= 11 is 0. The van der Waals surface area contributed by atoms with Crippen LogP contribution in [0.4, 0.5) is 11.4 Å². The van der Waals surface area contributed by atoms with Gasteiger partial charge in [0.15, 0.2) is 0 Å². The van der Waals surface area contributed by atoms with E-state index >= 15 is 0 Å². The molecular weight excluding hydrogens is 368 g/mol. The number of amides is 2. The van der Waals surface area contributed by atoms with E-state index < -0.39 is 11.8 Å². The number of carbonyl (C=O) groups excluding carboxylic acids is 2. The summed E-state index contributed by atoms with van der Waals surface area (Å²) in [4.78, 5) is 28.7. The number of ether oxygens (including phenoxy) is 1. The lowest BCUT2D eigenvalue weighted by Gasteiger charge is -2.25. The first kappa shape index (κ1) is 22.2. The van der Waals surface area contributed by atoms with E-state index in [2.05, 4.69) is 10.6 Å². The molecule has 2 aromatic rings. The monoisotopic (exact) mass is 398 g/mol. The van der Waals surface area contributed by atoms with Gasteiger partial charge in [-0.15, -0.1) is 0 Å². The van der Waals surface area contributed by atoms with Crippen LogP contribution in [-0.4, -0.2) is 58.1 Å². The zero-order valence-corrected chi connectivity index (χ0v) is 17.7. The summed E-state index contributed by atoms with van der Waals surface area (Å²) in [5, 5.41) is 5.34. The summed E-state index contributed by atoms with van der Waals surface area (Å²) in [7, 11) is 7.85. The van der Waals surface area contributed by atoms with Gasteiger partial charge in [0.2, 0.25) is 0 Å². The van der Waals surface area contributed by atoms with Crippen molar-refractivity contribution in [2.75, 3.05) is 51.6 Å². The van der Waals surface area contributed by atoms with E-state index in [0.717, 1.165) is 11.3 Å². The number of para-hydroxylation sites is 2. The molecule has 0 aliphatic carbocycles. The largest absolute Gasteiger partial charge is 0.492 e. The van der Waals surface area contributed by atoms with Crippen molar-refractivity contribution in [3.05, 3.63) is 54.1 Å². The summed E-state index contributed by atoms with van der Waals surface area (Å²) in [6.07, 6.45) is 0. The van der Waals surface area contributed by atoms with Crippen LogP contribution in [0.25, 0.3) is 0 Å². The average Bonchev–Trinajstić information content (AvgIpc) is 2.69. The van der Waals surface area contributed by atoms with Crippen molar-refractivity contribution in [1.82, 2.24) is 10.2 Å². The maximum Gasteiger partial charge on any atom is 0.313 e. The molecular formula is C22H30N4O3. The van der Waals surface area contributed by atoms with Gasteiger partial charge in [0.25, 0.3) is 0 Å². The summed E-state index contributed by atoms with van der Waals surface area (Å²) in [6, 6.07) is 15.1. The molecule has 29 heavy (non-hydrogen) atoms. The molecule has 2 amide bonds. The Kier molecular flexibility index (Phi) is 8.03. The van der Waals surface area contributed by atoms with Crippen LogP contribution in [0.3, 0.4) is 0 Å². The van der Waals surface area contributed by atoms with Gasteiger partial charge in [0.1, 0.15) is 5.75 Å². The molecule has 7 nitrogen and oxygen atoms in total. The Morgan fingerprint density at radius 1 is 0.966 bits per heavy atom. The predicted octanol–water partition coefficient (Wildman–Crippen LogP) is 2.51. The fourth-order valence-electron chi connectivity index (χ4n) is 2.89. The molecule has 0 aliphatic heterocycles. The molecule has 0 aromatic heterocycles. The van der Waals surface area contributed by atoms with E-state index in [-0.39, 0.29) is 6.04 Å². The third kappa shape index (κ3) is 6.22. The number of hydrogen-bond acceptors (Lipinski definition) is 5. The Hall–Kier alpha value is -3.06. The van der Waals surface area contributed by atoms with Gasteiger partial charge in [-0.25, -0.2) is 0 Å². The maximum atomic E-state index is 12.3. The van der Waals surface area contributed by atoms with Crippen LogP contribution in [0.15, 0.2) is 48.5 Å². The second kappa shape index (κ2) is 10.5. The fourth-order valence-corrected chi connectivity index (χ4v) is 2.89. The second-order valence-corrected chi connectivity index (χ2v) is 7.06. The summed E-state index contributed by atoms with van der Waals surface area (Å²) in [5.41, 5.74) is 2.63. The van der Waals surface area contributed by atoms with Crippen LogP contribution in [0, 0.1) is 0 Å². The van der Waals surface area contributed by atoms with Gasteiger partial charge in [-0.1, -0.05) is 24.3 Å². The highest BCUT2D eigenvalue weighted by atomic mass is 16.5. The van der Waals surface area contributed by atoms with E-state index in [1.807, 2.05) is 75.2 Å². The number of likely N-dealkylation sites (N-methyl/N-ethyl adjacent to an activating group) is 1. The molecule has 0 radical (unpaired) electrons. The first-order valence-electron chi connectivity index (χ1n) is 9.58. The highest BCUT2D eigenvalue weighted by Gasteiger charge is 2.20. The standard InChI is InChI=1S/C22H30N4O3/c1-6-29-20-10-8-7-9-18(20)24-22(28)21(27)23-15-19(26(4)5)16-11-13-17(14-12-16)25(2)3/h7-14,19H,6,15H2,1-5H3,(H,23,27)(H,24,28)/t19-/m1/s1. The van der Waals surface area contributed by atoms with Crippen molar-refractivity contribution in [1.29, 1.82) is 0 Å². The van der Waals surface area contributed by atoms with Crippen molar-refractivity contribution in [3.8, 4) is 5.75 Å². The van der Waals surface area contributed by atoms with Crippen molar-refractivity contribution in [3.63, 3.8) is 0 Å². The lowest BCUT2D eigenvalue weighted by molar-refractivity contribution is -0.136. The minimum atomic E-state index is -0.724. The molecule has 0 unspecified atom stereocenters. The minimum Gasteiger partial charge on any atom is -0.492 e. The molecule has 7 heteroatoms. The predicted molar refractivity (Wildman–Crippen MR) is 116 cm³/mol. The topological polar surface area (TPSA) is 73.9 Å². The first-order chi connectivity index (χ1) is 13.8. The molecule has 0 bridgehead atoms. The highest BCUT2D eigenvalue weighted by Crippen LogP contribution is 2.24. The maximum absolute atomic E-state index is 12.3. The van der Waals surface area contributed by atoms with E-state index in [4.69, 9.17) is 4.74 Å². The molecule has 0 heterocycles. The van der Waals surface area contributed by atoms with Gasteiger partial charge in [0.05, 0.1) is 18.3 Å². The lowest BCUT2D eigenvalue weighted by atomic mass is 10.1. The normalized spacial score (nSPS) is 11.7. The Balaban J connectivity index is 2.00. The van der Waals surface area contributed by atoms with E-state index in [9.17, 15) is 9.59 Å². The SMILES string of the molecule is CCOc1ccccc1NC(=O)C(=O)NC[C@H](c1ccc(N(C)C)cc1)N(C)C. The second-order valence-electron chi connectivity index (χ2n) is 7.06. The Morgan fingerprint density at radius 2 is 1.62 bits per heavy atom. The number of anilines is 2. The van der Waals surface area contributed by atoms with Crippen molar-refractivity contribution < 1.29 is 14.3 Å². The number of carbonyl (C=O) groups is 2. The Labute approximate surface area is 172 Å². The number of benzene rings is 2. The van der Waals surface area contributed by atoms with Crippen LogP contribution >= 0.6 is 0 Å². The molecule has 0 saturated carbocycles. The Bertz CT molecular complexity index is 819. The summed E-state index contributed by atoms with van der Waals surface area (Å²) < 4.78 is 5.47. The zero-order valence-electron chi connectivity index (χ0n) is 17.7. The van der Waals surface area contributed by atoms with Gasteiger partial charge < -0.3 is 25.2 Å². The fraction of sp³-hybridized carbons (Fsp3) is 0.364. The number of rotatable bonds is 8. The van der Waals surface area contributed by atoms with Crippen molar-refractivity contribution >= 4 is 23.2 Å². The van der Waals surface area contributed by atoms with Gasteiger partial charge in [-0.05, 0) is 50.8 Å². The van der Waals surface area contributed by atoms with Gasteiger partial charge in [-0.3, -0.25) is 9.59 Å². The quantitative estimate of drug-likeness (QED) is 0.669. The molecule has 0 aliphatic rings. The number of hydrogen-bond donors (Lipinski definition) is 2. The molecule has 0 fully saturated rings. The third-order valence-electron chi connectivity index (χ3n) is 4.51. The van der Waals surface area contributed by atoms with Crippen LogP contribution in [0.5, 0.6) is 5.75 Å². The molecule has 2 N–H and O–H groups in total.